The Balaban J connectivity index is 2.27. The molecule has 18 heavy (non-hydrogen) atoms. The van der Waals surface area contributed by atoms with Gasteiger partial charge in [-0.15, -0.1) is 0 Å². The van der Waals surface area contributed by atoms with E-state index in [1.54, 1.807) is 7.11 Å². The Labute approximate surface area is 110 Å². The number of ether oxygens (including phenoxy) is 2. The minimum absolute atomic E-state index is 0.755. The first-order valence-electron chi connectivity index (χ1n) is 6.55. The number of nitrogens with one attached hydrogen (secondary N) is 1. The van der Waals surface area contributed by atoms with E-state index in [9.17, 15) is 0 Å². The molecule has 0 radical (unpaired) electrons. The molecule has 0 unspecified atom stereocenters. The van der Waals surface area contributed by atoms with Crippen LogP contribution >= 0.6 is 0 Å². The minimum Gasteiger partial charge on any atom is -0.493 e. The molecule has 0 amide bonds. The molecule has 0 fully saturated rings. The molecule has 3 nitrogen and oxygen atoms in total. The van der Waals surface area contributed by atoms with E-state index in [0.29, 0.717) is 0 Å². The third-order valence-electron chi connectivity index (χ3n) is 2.83. The molecule has 0 saturated heterocycles. The van der Waals surface area contributed by atoms with Gasteiger partial charge in [0.15, 0.2) is 0 Å². The normalized spacial score (nSPS) is 10.7. The highest BCUT2D eigenvalue weighted by Gasteiger charge is 2.04. The number of benzene rings is 1. The van der Waals surface area contributed by atoms with Gasteiger partial charge in [0.1, 0.15) is 5.75 Å². The van der Waals surface area contributed by atoms with Crippen LogP contribution in [-0.2, 0) is 4.74 Å². The average molecular weight is 251 g/mol. The summed E-state index contributed by atoms with van der Waals surface area (Å²) in [7, 11) is 1.72. The topological polar surface area (TPSA) is 30.5 Å². The molecule has 0 bridgehead atoms. The molecule has 1 aromatic rings. The van der Waals surface area contributed by atoms with Crippen LogP contribution in [0.2, 0.25) is 0 Å². The number of methoxy groups -OCH3 is 1. The maximum atomic E-state index is 5.86. The van der Waals surface area contributed by atoms with E-state index in [4.69, 9.17) is 9.47 Å². The van der Waals surface area contributed by atoms with Gasteiger partial charge in [-0.1, -0.05) is 17.7 Å². The lowest BCUT2D eigenvalue weighted by atomic mass is 10.1. The highest BCUT2D eigenvalue weighted by atomic mass is 16.5. The van der Waals surface area contributed by atoms with E-state index in [1.807, 2.05) is 0 Å². The Bertz CT molecular complexity index is 341. The largest absolute Gasteiger partial charge is 0.493 e. The van der Waals surface area contributed by atoms with E-state index in [2.05, 4.69) is 38.2 Å². The van der Waals surface area contributed by atoms with Crippen molar-refractivity contribution in [2.75, 3.05) is 33.4 Å². The summed E-state index contributed by atoms with van der Waals surface area (Å²) in [6.07, 6.45) is 1.01. The SMILES string of the molecule is COCCNCCCOc1c(C)cc(C)cc1C. The minimum atomic E-state index is 0.755. The molecule has 0 spiro atoms. The number of hydrogen-bond donors (Lipinski definition) is 1. The van der Waals surface area contributed by atoms with E-state index >= 15 is 0 Å². The van der Waals surface area contributed by atoms with Crippen LogP contribution in [0.4, 0.5) is 0 Å². The van der Waals surface area contributed by atoms with Gasteiger partial charge in [0, 0.05) is 13.7 Å². The smallest absolute Gasteiger partial charge is 0.125 e. The standard InChI is InChI=1S/C15H25NO2/c1-12-10-13(2)15(14(3)11-12)18-8-5-6-16-7-9-17-4/h10-11,16H,5-9H2,1-4H3. The Morgan fingerprint density at radius 3 is 2.28 bits per heavy atom. The van der Waals surface area contributed by atoms with Gasteiger partial charge in [-0.3, -0.25) is 0 Å². The monoisotopic (exact) mass is 251 g/mol. The Morgan fingerprint density at radius 2 is 1.67 bits per heavy atom. The van der Waals surface area contributed by atoms with Crippen LogP contribution in [0.15, 0.2) is 12.1 Å². The summed E-state index contributed by atoms with van der Waals surface area (Å²) in [6.45, 7) is 9.70. The Kier molecular flexibility index (Phi) is 6.76. The summed E-state index contributed by atoms with van der Waals surface area (Å²) in [4.78, 5) is 0. The van der Waals surface area contributed by atoms with Gasteiger partial charge >= 0.3 is 0 Å². The molecule has 102 valence electrons. The molecule has 1 rings (SSSR count). The first-order chi connectivity index (χ1) is 8.65. The number of rotatable bonds is 8. The Hall–Kier alpha value is -1.06. The predicted octanol–water partition coefficient (Wildman–Crippen LogP) is 2.62. The lowest BCUT2D eigenvalue weighted by Crippen LogP contribution is -2.21. The van der Waals surface area contributed by atoms with Crippen LogP contribution < -0.4 is 10.1 Å². The highest BCUT2D eigenvalue weighted by Crippen LogP contribution is 2.24. The van der Waals surface area contributed by atoms with Crippen LogP contribution in [0, 0.1) is 20.8 Å². The molecule has 3 heteroatoms. The molecular weight excluding hydrogens is 226 g/mol. The van der Waals surface area contributed by atoms with Gasteiger partial charge < -0.3 is 14.8 Å². The van der Waals surface area contributed by atoms with Gasteiger partial charge in [0.05, 0.1) is 13.2 Å². The van der Waals surface area contributed by atoms with E-state index in [-0.39, 0.29) is 0 Å². The van der Waals surface area contributed by atoms with Crippen molar-refractivity contribution in [3.63, 3.8) is 0 Å². The van der Waals surface area contributed by atoms with Crippen LogP contribution in [0.25, 0.3) is 0 Å². The molecule has 0 aliphatic rings. The fraction of sp³-hybridized carbons (Fsp3) is 0.600. The van der Waals surface area contributed by atoms with Gasteiger partial charge in [-0.2, -0.15) is 0 Å². The maximum Gasteiger partial charge on any atom is 0.125 e. The lowest BCUT2D eigenvalue weighted by Gasteiger charge is -2.13. The zero-order chi connectivity index (χ0) is 13.4. The summed E-state index contributed by atoms with van der Waals surface area (Å²) >= 11 is 0. The van der Waals surface area contributed by atoms with Gasteiger partial charge in [0.2, 0.25) is 0 Å². The number of hydrogen-bond acceptors (Lipinski definition) is 3. The van der Waals surface area contributed by atoms with Crippen molar-refractivity contribution < 1.29 is 9.47 Å². The molecule has 0 aliphatic heterocycles. The molecular formula is C15H25NO2. The van der Waals surface area contributed by atoms with Crippen molar-refractivity contribution in [3.8, 4) is 5.75 Å². The summed E-state index contributed by atoms with van der Waals surface area (Å²) in [5.41, 5.74) is 3.73. The second-order valence-corrected chi connectivity index (χ2v) is 4.67. The zero-order valence-electron chi connectivity index (χ0n) is 12.0. The van der Waals surface area contributed by atoms with Crippen molar-refractivity contribution in [2.24, 2.45) is 0 Å². The van der Waals surface area contributed by atoms with Crippen LogP contribution in [-0.4, -0.2) is 33.4 Å². The average Bonchev–Trinajstić information content (AvgIpc) is 2.30. The summed E-state index contributed by atoms with van der Waals surface area (Å²) in [5.74, 6) is 1.04. The summed E-state index contributed by atoms with van der Waals surface area (Å²) in [6, 6.07) is 4.33. The van der Waals surface area contributed by atoms with Crippen molar-refractivity contribution >= 4 is 0 Å². The van der Waals surface area contributed by atoms with E-state index in [0.717, 1.165) is 38.5 Å². The molecule has 1 N–H and O–H groups in total. The van der Waals surface area contributed by atoms with Crippen LogP contribution in [0.5, 0.6) is 5.75 Å². The van der Waals surface area contributed by atoms with Crippen molar-refractivity contribution in [1.82, 2.24) is 5.32 Å². The highest BCUT2D eigenvalue weighted by molar-refractivity contribution is 5.42. The van der Waals surface area contributed by atoms with Crippen molar-refractivity contribution in [3.05, 3.63) is 28.8 Å². The summed E-state index contributed by atoms with van der Waals surface area (Å²) in [5, 5.41) is 3.31. The second-order valence-electron chi connectivity index (χ2n) is 4.67. The van der Waals surface area contributed by atoms with E-state index < -0.39 is 0 Å². The van der Waals surface area contributed by atoms with Gasteiger partial charge in [-0.25, -0.2) is 0 Å². The van der Waals surface area contributed by atoms with E-state index in [1.165, 1.54) is 16.7 Å². The van der Waals surface area contributed by atoms with Crippen molar-refractivity contribution in [2.45, 2.75) is 27.2 Å². The van der Waals surface area contributed by atoms with Crippen LogP contribution in [0.1, 0.15) is 23.1 Å². The second kappa shape index (κ2) is 8.11. The lowest BCUT2D eigenvalue weighted by molar-refractivity contribution is 0.198. The molecule has 0 aliphatic carbocycles. The number of aryl methyl sites for hydroxylation is 3. The maximum absolute atomic E-state index is 5.86. The Morgan fingerprint density at radius 1 is 1.00 bits per heavy atom. The molecule has 1 aromatic carbocycles. The fourth-order valence-electron chi connectivity index (χ4n) is 2.07. The van der Waals surface area contributed by atoms with Gasteiger partial charge in [-0.05, 0) is 44.9 Å². The quantitative estimate of drug-likeness (QED) is 0.720. The predicted molar refractivity (Wildman–Crippen MR) is 75.5 cm³/mol. The van der Waals surface area contributed by atoms with Crippen molar-refractivity contribution in [1.29, 1.82) is 0 Å². The fourth-order valence-corrected chi connectivity index (χ4v) is 2.07. The first-order valence-corrected chi connectivity index (χ1v) is 6.55. The molecule has 0 heterocycles. The molecule has 0 saturated carbocycles. The third-order valence-corrected chi connectivity index (χ3v) is 2.83. The molecule has 0 atom stereocenters. The van der Waals surface area contributed by atoms with Gasteiger partial charge in [0.25, 0.3) is 0 Å². The first kappa shape index (κ1) is 15.0. The summed E-state index contributed by atoms with van der Waals surface area (Å²) < 4.78 is 10.8. The van der Waals surface area contributed by atoms with Crippen LogP contribution in [0.3, 0.4) is 0 Å². The zero-order valence-corrected chi connectivity index (χ0v) is 12.0. The third kappa shape index (κ3) is 5.07. The molecule has 0 aromatic heterocycles.